The number of nitrogens with zero attached hydrogens (tertiary/aromatic N) is 1. The molecule has 0 amide bonds. The molecule has 1 saturated carbocycles. The Kier molecular flexibility index (Phi) is 6.07. The van der Waals surface area contributed by atoms with Crippen LogP contribution in [0.2, 0.25) is 0 Å². The van der Waals surface area contributed by atoms with Gasteiger partial charge in [-0.15, -0.1) is 0 Å². The summed E-state index contributed by atoms with van der Waals surface area (Å²) in [7, 11) is 0. The highest BCUT2D eigenvalue weighted by atomic mass is 16.1. The van der Waals surface area contributed by atoms with Crippen molar-refractivity contribution < 1.29 is 4.79 Å². The fourth-order valence-electron chi connectivity index (χ4n) is 4.12. The number of nitrogens with one attached hydrogen (secondary N) is 1. The topological polar surface area (TPSA) is 32.3 Å². The zero-order valence-electron chi connectivity index (χ0n) is 15.3. The van der Waals surface area contributed by atoms with Gasteiger partial charge < -0.3 is 5.32 Å². The first-order valence-corrected chi connectivity index (χ1v) is 9.77. The molecule has 0 bridgehead atoms. The van der Waals surface area contributed by atoms with Crippen LogP contribution >= 0.6 is 0 Å². The SMILES string of the molecule is CC(C)N1CCCNC(c2ccc(C(=O)C3CCCCC3)cc2)C1. The molecule has 1 heterocycles. The van der Waals surface area contributed by atoms with E-state index in [-0.39, 0.29) is 5.92 Å². The normalized spacial score (nSPS) is 24.0. The summed E-state index contributed by atoms with van der Waals surface area (Å²) in [6, 6.07) is 9.39. The van der Waals surface area contributed by atoms with Crippen LogP contribution in [0.15, 0.2) is 24.3 Å². The molecular weight excluding hydrogens is 296 g/mol. The predicted octanol–water partition coefficient (Wildman–Crippen LogP) is 4.19. The van der Waals surface area contributed by atoms with Gasteiger partial charge in [-0.05, 0) is 51.8 Å². The molecule has 2 fully saturated rings. The molecule has 1 aromatic rings. The van der Waals surface area contributed by atoms with Gasteiger partial charge in [0.25, 0.3) is 0 Å². The Morgan fingerprint density at radius 3 is 2.46 bits per heavy atom. The molecule has 1 saturated heterocycles. The number of hydrogen-bond acceptors (Lipinski definition) is 3. The molecule has 0 radical (unpaired) electrons. The second kappa shape index (κ2) is 8.26. The molecule has 1 aliphatic heterocycles. The molecule has 132 valence electrons. The van der Waals surface area contributed by atoms with Gasteiger partial charge >= 0.3 is 0 Å². The maximum atomic E-state index is 12.7. The maximum absolute atomic E-state index is 12.7. The van der Waals surface area contributed by atoms with Crippen molar-refractivity contribution in [3.63, 3.8) is 0 Å². The van der Waals surface area contributed by atoms with Crippen LogP contribution in [-0.2, 0) is 0 Å². The molecule has 0 spiro atoms. The van der Waals surface area contributed by atoms with Crippen molar-refractivity contribution in [3.8, 4) is 0 Å². The smallest absolute Gasteiger partial charge is 0.165 e. The van der Waals surface area contributed by atoms with E-state index in [0.717, 1.165) is 31.5 Å². The summed E-state index contributed by atoms with van der Waals surface area (Å²) in [5.74, 6) is 0.621. The quantitative estimate of drug-likeness (QED) is 0.841. The average molecular weight is 329 g/mol. The number of rotatable bonds is 4. The van der Waals surface area contributed by atoms with E-state index in [2.05, 4.69) is 48.3 Å². The molecule has 1 aliphatic carbocycles. The van der Waals surface area contributed by atoms with Crippen LogP contribution in [0.3, 0.4) is 0 Å². The Balaban J connectivity index is 1.67. The van der Waals surface area contributed by atoms with E-state index in [4.69, 9.17) is 0 Å². The van der Waals surface area contributed by atoms with Gasteiger partial charge in [-0.1, -0.05) is 43.5 Å². The highest BCUT2D eigenvalue weighted by Gasteiger charge is 2.24. The van der Waals surface area contributed by atoms with Gasteiger partial charge in [0.1, 0.15) is 0 Å². The number of benzene rings is 1. The van der Waals surface area contributed by atoms with E-state index in [1.807, 2.05) is 0 Å². The van der Waals surface area contributed by atoms with E-state index in [1.54, 1.807) is 0 Å². The van der Waals surface area contributed by atoms with Crippen molar-refractivity contribution in [1.29, 1.82) is 0 Å². The average Bonchev–Trinajstić information content (AvgIpc) is 2.88. The van der Waals surface area contributed by atoms with E-state index in [1.165, 1.54) is 37.8 Å². The van der Waals surface area contributed by atoms with E-state index in [0.29, 0.717) is 17.9 Å². The zero-order chi connectivity index (χ0) is 16.9. The van der Waals surface area contributed by atoms with E-state index >= 15 is 0 Å². The van der Waals surface area contributed by atoms with Gasteiger partial charge in [0, 0.05) is 30.1 Å². The molecule has 2 aliphatic rings. The van der Waals surface area contributed by atoms with Crippen LogP contribution in [-0.4, -0.2) is 36.4 Å². The van der Waals surface area contributed by atoms with Crippen molar-refractivity contribution in [2.24, 2.45) is 5.92 Å². The third-order valence-corrected chi connectivity index (χ3v) is 5.73. The third-order valence-electron chi connectivity index (χ3n) is 5.73. The van der Waals surface area contributed by atoms with Crippen LogP contribution in [0.4, 0.5) is 0 Å². The van der Waals surface area contributed by atoms with Crippen LogP contribution in [0.5, 0.6) is 0 Å². The van der Waals surface area contributed by atoms with Crippen molar-refractivity contribution >= 4 is 5.78 Å². The van der Waals surface area contributed by atoms with Crippen molar-refractivity contribution in [2.75, 3.05) is 19.6 Å². The largest absolute Gasteiger partial charge is 0.309 e. The fourth-order valence-corrected chi connectivity index (χ4v) is 4.12. The minimum atomic E-state index is 0.261. The summed E-state index contributed by atoms with van der Waals surface area (Å²) in [6.45, 7) is 7.83. The predicted molar refractivity (Wildman–Crippen MR) is 99.4 cm³/mol. The lowest BCUT2D eigenvalue weighted by molar-refractivity contribution is 0.0889. The van der Waals surface area contributed by atoms with Crippen LogP contribution < -0.4 is 5.32 Å². The summed E-state index contributed by atoms with van der Waals surface area (Å²) in [4.78, 5) is 15.2. The summed E-state index contributed by atoms with van der Waals surface area (Å²) < 4.78 is 0. The first kappa shape index (κ1) is 17.6. The Morgan fingerprint density at radius 2 is 1.79 bits per heavy atom. The number of hydrogen-bond donors (Lipinski definition) is 1. The highest BCUT2D eigenvalue weighted by Crippen LogP contribution is 2.27. The summed E-state index contributed by atoms with van der Waals surface area (Å²) in [5.41, 5.74) is 2.21. The van der Waals surface area contributed by atoms with Gasteiger partial charge in [-0.3, -0.25) is 9.69 Å². The van der Waals surface area contributed by atoms with Gasteiger partial charge in [-0.2, -0.15) is 0 Å². The van der Waals surface area contributed by atoms with Crippen LogP contribution in [0.1, 0.15) is 74.3 Å². The van der Waals surface area contributed by atoms with Crippen LogP contribution in [0.25, 0.3) is 0 Å². The summed E-state index contributed by atoms with van der Waals surface area (Å²) >= 11 is 0. The fraction of sp³-hybridized carbons (Fsp3) is 0.667. The van der Waals surface area contributed by atoms with E-state index < -0.39 is 0 Å². The van der Waals surface area contributed by atoms with Gasteiger partial charge in [0.15, 0.2) is 5.78 Å². The molecule has 0 aromatic heterocycles. The van der Waals surface area contributed by atoms with Gasteiger partial charge in [0.05, 0.1) is 0 Å². The van der Waals surface area contributed by atoms with Crippen molar-refractivity contribution in [3.05, 3.63) is 35.4 Å². The lowest BCUT2D eigenvalue weighted by atomic mass is 9.83. The molecule has 3 heteroatoms. The molecule has 24 heavy (non-hydrogen) atoms. The molecule has 1 N–H and O–H groups in total. The van der Waals surface area contributed by atoms with Crippen molar-refractivity contribution in [1.82, 2.24) is 10.2 Å². The lowest BCUT2D eigenvalue weighted by Crippen LogP contribution is -2.36. The van der Waals surface area contributed by atoms with Gasteiger partial charge in [-0.25, -0.2) is 0 Å². The van der Waals surface area contributed by atoms with E-state index in [9.17, 15) is 4.79 Å². The Hall–Kier alpha value is -1.19. The lowest BCUT2D eigenvalue weighted by Gasteiger charge is -2.28. The molecule has 3 rings (SSSR count). The molecule has 1 unspecified atom stereocenters. The Labute approximate surface area is 146 Å². The number of carbonyl (C=O) groups is 1. The first-order chi connectivity index (χ1) is 11.6. The maximum Gasteiger partial charge on any atom is 0.165 e. The molecule has 3 nitrogen and oxygen atoms in total. The number of ketones is 1. The molecule has 1 aromatic carbocycles. The zero-order valence-corrected chi connectivity index (χ0v) is 15.3. The minimum absolute atomic E-state index is 0.261. The second-order valence-electron chi connectivity index (χ2n) is 7.77. The van der Waals surface area contributed by atoms with Crippen LogP contribution in [0, 0.1) is 5.92 Å². The summed E-state index contributed by atoms with van der Waals surface area (Å²) in [6.07, 6.45) is 7.08. The monoisotopic (exact) mass is 328 g/mol. The highest BCUT2D eigenvalue weighted by molar-refractivity contribution is 5.97. The minimum Gasteiger partial charge on any atom is -0.309 e. The van der Waals surface area contributed by atoms with Gasteiger partial charge in [0.2, 0.25) is 0 Å². The first-order valence-electron chi connectivity index (χ1n) is 9.77. The number of carbonyl (C=O) groups excluding carboxylic acids is 1. The van der Waals surface area contributed by atoms with Crippen molar-refractivity contribution in [2.45, 2.75) is 64.5 Å². The Morgan fingerprint density at radius 1 is 1.08 bits per heavy atom. The second-order valence-corrected chi connectivity index (χ2v) is 7.77. The summed E-state index contributed by atoms with van der Waals surface area (Å²) in [5, 5.41) is 3.67. The number of Topliss-reactive ketones (excluding diaryl/α,β-unsaturated/α-hetero) is 1. The Bertz CT molecular complexity index is 531. The standard InChI is InChI=1S/C21H32N2O/c1-16(2)23-14-6-13-22-20(15-23)17-9-11-19(12-10-17)21(24)18-7-4-3-5-8-18/h9-12,16,18,20,22H,3-8,13-15H2,1-2H3. The molecule has 1 atom stereocenters. The molecular formula is C21H32N2O. The third kappa shape index (κ3) is 4.25.